The molecule has 3 rings (SSSR count). The first-order valence-electron chi connectivity index (χ1n) is 9.60. The summed E-state index contributed by atoms with van der Waals surface area (Å²) in [5.74, 6) is 2.48. The summed E-state index contributed by atoms with van der Waals surface area (Å²) in [6.07, 6.45) is 0. The zero-order chi connectivity index (χ0) is 21.7. The van der Waals surface area contributed by atoms with Crippen LogP contribution in [0.5, 0.6) is 17.2 Å². The number of aromatic nitrogens is 1. The van der Waals surface area contributed by atoms with E-state index in [4.69, 9.17) is 18.7 Å². The van der Waals surface area contributed by atoms with Gasteiger partial charge in [-0.25, -0.2) is 0 Å². The fraction of sp³-hybridized carbons (Fsp3) is 0.304. The van der Waals surface area contributed by atoms with Crippen LogP contribution < -0.4 is 19.5 Å². The van der Waals surface area contributed by atoms with Gasteiger partial charge in [0.05, 0.1) is 31.5 Å². The summed E-state index contributed by atoms with van der Waals surface area (Å²) >= 11 is 0. The van der Waals surface area contributed by atoms with Gasteiger partial charge in [-0.05, 0) is 57.2 Å². The van der Waals surface area contributed by atoms with Crippen molar-refractivity contribution < 1.29 is 23.5 Å². The molecule has 3 aromatic rings. The molecule has 0 saturated heterocycles. The summed E-state index contributed by atoms with van der Waals surface area (Å²) in [7, 11) is 3.20. The lowest BCUT2D eigenvalue weighted by atomic mass is 10.1. The van der Waals surface area contributed by atoms with E-state index in [1.54, 1.807) is 32.4 Å². The molecule has 1 atom stereocenters. The van der Waals surface area contributed by atoms with Crippen molar-refractivity contribution in [3.8, 4) is 17.2 Å². The topological polar surface area (TPSA) is 82.8 Å². The van der Waals surface area contributed by atoms with Gasteiger partial charge in [-0.3, -0.25) is 4.79 Å². The number of amides is 1. The second-order valence-corrected chi connectivity index (χ2v) is 6.92. The second kappa shape index (κ2) is 9.35. The number of aryl methyl sites for hydroxylation is 2. The number of benzene rings is 2. The van der Waals surface area contributed by atoms with Crippen molar-refractivity contribution in [2.45, 2.75) is 33.4 Å². The van der Waals surface area contributed by atoms with Crippen molar-refractivity contribution in [3.05, 3.63) is 70.6 Å². The first-order valence-corrected chi connectivity index (χ1v) is 9.60. The number of hydrogen-bond acceptors (Lipinski definition) is 6. The number of carbonyl (C=O) groups is 1. The summed E-state index contributed by atoms with van der Waals surface area (Å²) in [5, 5.41) is 6.92. The minimum atomic E-state index is -0.283. The average molecular weight is 410 g/mol. The van der Waals surface area contributed by atoms with Crippen molar-refractivity contribution in [1.82, 2.24) is 10.5 Å². The fourth-order valence-electron chi connectivity index (χ4n) is 3.13. The molecular formula is C23H26N2O5. The Hall–Kier alpha value is -3.48. The van der Waals surface area contributed by atoms with E-state index in [1.165, 1.54) is 0 Å². The van der Waals surface area contributed by atoms with Crippen LogP contribution in [0.15, 0.2) is 47.0 Å². The molecule has 0 aliphatic heterocycles. The lowest BCUT2D eigenvalue weighted by Gasteiger charge is -2.18. The highest BCUT2D eigenvalue weighted by Gasteiger charge is 2.17. The van der Waals surface area contributed by atoms with E-state index in [9.17, 15) is 4.79 Å². The van der Waals surface area contributed by atoms with Crippen molar-refractivity contribution in [3.63, 3.8) is 0 Å². The van der Waals surface area contributed by atoms with Crippen LogP contribution in [0.4, 0.5) is 0 Å². The standard InChI is InChI=1S/C23H26N2O5/c1-14(20-12-18(27-4)9-10-22(20)28-5)24-23(26)17-7-6-8-19(11-17)29-13-21-15(2)25-30-16(21)3/h6-12,14H,13H2,1-5H3,(H,24,26)/t14-/m0/s1. The summed E-state index contributed by atoms with van der Waals surface area (Å²) in [4.78, 5) is 12.8. The third kappa shape index (κ3) is 4.74. The van der Waals surface area contributed by atoms with Crippen LogP contribution >= 0.6 is 0 Å². The van der Waals surface area contributed by atoms with E-state index >= 15 is 0 Å². The van der Waals surface area contributed by atoms with E-state index < -0.39 is 0 Å². The van der Waals surface area contributed by atoms with E-state index in [0.29, 0.717) is 29.4 Å². The molecule has 0 aliphatic rings. The number of rotatable bonds is 8. The molecule has 0 unspecified atom stereocenters. The van der Waals surface area contributed by atoms with Gasteiger partial charge in [0.1, 0.15) is 29.6 Å². The van der Waals surface area contributed by atoms with Crippen LogP contribution in [0.3, 0.4) is 0 Å². The van der Waals surface area contributed by atoms with Gasteiger partial charge in [0.15, 0.2) is 0 Å². The minimum absolute atomic E-state index is 0.213. The molecule has 158 valence electrons. The van der Waals surface area contributed by atoms with E-state index in [0.717, 1.165) is 22.6 Å². The van der Waals surface area contributed by atoms with E-state index in [-0.39, 0.29) is 11.9 Å². The van der Waals surface area contributed by atoms with E-state index in [1.807, 2.05) is 45.0 Å². The Bertz CT molecular complexity index is 1010. The average Bonchev–Trinajstić information content (AvgIpc) is 3.09. The molecule has 0 aliphatic carbocycles. The second-order valence-electron chi connectivity index (χ2n) is 6.92. The molecule has 7 nitrogen and oxygen atoms in total. The summed E-state index contributed by atoms with van der Waals surface area (Å²) in [5.41, 5.74) is 3.03. The van der Waals surface area contributed by atoms with E-state index in [2.05, 4.69) is 10.5 Å². The molecule has 1 amide bonds. The van der Waals surface area contributed by atoms with Crippen LogP contribution in [0, 0.1) is 13.8 Å². The molecule has 0 bridgehead atoms. The maximum Gasteiger partial charge on any atom is 0.251 e. The normalized spacial score (nSPS) is 11.6. The molecule has 1 N–H and O–H groups in total. The Morgan fingerprint density at radius 3 is 2.57 bits per heavy atom. The van der Waals surface area contributed by atoms with Crippen molar-refractivity contribution in [2.75, 3.05) is 14.2 Å². The van der Waals surface area contributed by atoms with Gasteiger partial charge in [0.2, 0.25) is 0 Å². The molecular weight excluding hydrogens is 384 g/mol. The quantitative estimate of drug-likeness (QED) is 0.593. The summed E-state index contributed by atoms with van der Waals surface area (Å²) < 4.78 is 21.7. The molecule has 1 aromatic heterocycles. The van der Waals surface area contributed by atoms with Crippen molar-refractivity contribution in [2.24, 2.45) is 0 Å². The van der Waals surface area contributed by atoms with Gasteiger partial charge in [-0.2, -0.15) is 0 Å². The highest BCUT2D eigenvalue weighted by Crippen LogP contribution is 2.29. The molecule has 30 heavy (non-hydrogen) atoms. The third-order valence-corrected chi connectivity index (χ3v) is 4.91. The lowest BCUT2D eigenvalue weighted by molar-refractivity contribution is 0.0939. The molecule has 2 aromatic carbocycles. The lowest BCUT2D eigenvalue weighted by Crippen LogP contribution is -2.27. The Kier molecular flexibility index (Phi) is 6.61. The Balaban J connectivity index is 1.71. The number of ether oxygens (including phenoxy) is 3. The van der Waals surface area contributed by atoms with Gasteiger partial charge in [-0.15, -0.1) is 0 Å². The highest BCUT2D eigenvalue weighted by molar-refractivity contribution is 5.94. The number of nitrogens with one attached hydrogen (secondary N) is 1. The number of carbonyl (C=O) groups excluding carboxylic acids is 1. The third-order valence-electron chi connectivity index (χ3n) is 4.91. The largest absolute Gasteiger partial charge is 0.497 e. The zero-order valence-corrected chi connectivity index (χ0v) is 17.8. The number of methoxy groups -OCH3 is 2. The van der Waals surface area contributed by atoms with Gasteiger partial charge in [0, 0.05) is 11.1 Å². The van der Waals surface area contributed by atoms with Crippen LogP contribution in [-0.2, 0) is 6.61 Å². The summed E-state index contributed by atoms with van der Waals surface area (Å²) in [6, 6.07) is 12.3. The van der Waals surface area contributed by atoms with Crippen molar-refractivity contribution >= 4 is 5.91 Å². The molecule has 7 heteroatoms. The van der Waals surface area contributed by atoms with Crippen LogP contribution in [0.25, 0.3) is 0 Å². The maximum atomic E-state index is 12.8. The molecule has 0 radical (unpaired) electrons. The number of hydrogen-bond donors (Lipinski definition) is 1. The van der Waals surface area contributed by atoms with Crippen molar-refractivity contribution in [1.29, 1.82) is 0 Å². The Morgan fingerprint density at radius 2 is 1.90 bits per heavy atom. The predicted octanol–water partition coefficient (Wildman–Crippen LogP) is 4.38. The van der Waals surface area contributed by atoms with Gasteiger partial charge >= 0.3 is 0 Å². The molecule has 0 saturated carbocycles. The predicted molar refractivity (Wildman–Crippen MR) is 112 cm³/mol. The van der Waals surface area contributed by atoms with Gasteiger partial charge < -0.3 is 24.1 Å². The first kappa shape index (κ1) is 21.2. The highest BCUT2D eigenvalue weighted by atomic mass is 16.5. The smallest absolute Gasteiger partial charge is 0.251 e. The van der Waals surface area contributed by atoms with Crippen LogP contribution in [-0.4, -0.2) is 25.3 Å². The molecule has 1 heterocycles. The zero-order valence-electron chi connectivity index (χ0n) is 17.8. The number of nitrogens with zero attached hydrogens (tertiary/aromatic N) is 1. The Labute approximate surface area is 175 Å². The molecule has 0 spiro atoms. The van der Waals surface area contributed by atoms with Crippen LogP contribution in [0.1, 0.15) is 45.9 Å². The SMILES string of the molecule is COc1ccc(OC)c([C@H](C)NC(=O)c2cccc(OCc3c(C)noc3C)c2)c1. The minimum Gasteiger partial charge on any atom is -0.497 e. The molecule has 0 fully saturated rings. The summed E-state index contributed by atoms with van der Waals surface area (Å²) in [6.45, 7) is 5.93. The maximum absolute atomic E-state index is 12.8. The fourth-order valence-corrected chi connectivity index (χ4v) is 3.13. The van der Waals surface area contributed by atoms with Crippen LogP contribution in [0.2, 0.25) is 0 Å². The van der Waals surface area contributed by atoms with Gasteiger partial charge in [-0.1, -0.05) is 11.2 Å². The first-order chi connectivity index (χ1) is 14.4. The van der Waals surface area contributed by atoms with Gasteiger partial charge in [0.25, 0.3) is 5.91 Å². The monoisotopic (exact) mass is 410 g/mol. The Morgan fingerprint density at radius 1 is 1.10 bits per heavy atom.